The molecule has 2 nitrogen and oxygen atoms in total. The molecule has 0 amide bonds. The van der Waals surface area contributed by atoms with E-state index >= 15 is 0 Å². The summed E-state index contributed by atoms with van der Waals surface area (Å²) in [6.45, 7) is 0.956. The van der Waals surface area contributed by atoms with Crippen molar-refractivity contribution in [1.82, 2.24) is 5.32 Å². The van der Waals surface area contributed by atoms with Crippen LogP contribution in [0.2, 0.25) is 0 Å². The van der Waals surface area contributed by atoms with Gasteiger partial charge in [0.05, 0.1) is 0 Å². The minimum atomic E-state index is -0.853. The SMILES string of the molecule is OC1(C2CCCN2)CCc2c(F)cccc21. The minimum Gasteiger partial charge on any atom is -0.384 e. The van der Waals surface area contributed by atoms with Crippen molar-refractivity contribution in [2.75, 3.05) is 6.54 Å². The highest BCUT2D eigenvalue weighted by Gasteiger charge is 2.45. The minimum absolute atomic E-state index is 0.0931. The summed E-state index contributed by atoms with van der Waals surface area (Å²) in [5.41, 5.74) is 0.652. The van der Waals surface area contributed by atoms with Crippen LogP contribution < -0.4 is 5.32 Å². The summed E-state index contributed by atoms with van der Waals surface area (Å²) in [5, 5.41) is 14.1. The second-order valence-corrected chi connectivity index (χ2v) is 4.84. The maximum Gasteiger partial charge on any atom is 0.126 e. The molecule has 0 bridgehead atoms. The Balaban J connectivity index is 2.04. The molecule has 1 fully saturated rings. The Morgan fingerprint density at radius 2 is 2.31 bits per heavy atom. The number of rotatable bonds is 1. The number of aliphatic hydroxyl groups is 1. The summed E-state index contributed by atoms with van der Waals surface area (Å²) in [5.74, 6) is -0.175. The molecule has 2 aliphatic rings. The molecule has 0 aromatic heterocycles. The van der Waals surface area contributed by atoms with Crippen molar-refractivity contribution in [3.8, 4) is 0 Å². The predicted molar refractivity (Wildman–Crippen MR) is 59.6 cm³/mol. The Morgan fingerprint density at radius 3 is 3.06 bits per heavy atom. The number of nitrogens with one attached hydrogen (secondary N) is 1. The molecule has 0 spiro atoms. The monoisotopic (exact) mass is 221 g/mol. The Morgan fingerprint density at radius 1 is 1.44 bits per heavy atom. The van der Waals surface area contributed by atoms with Crippen LogP contribution in [0.25, 0.3) is 0 Å². The molecular formula is C13H16FNO. The zero-order valence-corrected chi connectivity index (χ0v) is 9.17. The third-order valence-electron chi connectivity index (χ3n) is 3.98. The van der Waals surface area contributed by atoms with Gasteiger partial charge in [0.25, 0.3) is 0 Å². The maximum atomic E-state index is 13.6. The van der Waals surface area contributed by atoms with E-state index in [1.807, 2.05) is 6.07 Å². The molecule has 86 valence electrons. The molecule has 0 radical (unpaired) electrons. The van der Waals surface area contributed by atoms with Gasteiger partial charge in [-0.15, -0.1) is 0 Å². The molecule has 1 saturated heterocycles. The van der Waals surface area contributed by atoms with Crippen molar-refractivity contribution in [3.63, 3.8) is 0 Å². The summed E-state index contributed by atoms with van der Waals surface area (Å²) >= 11 is 0. The average Bonchev–Trinajstić information content (AvgIpc) is 2.88. The molecular weight excluding hydrogens is 205 g/mol. The Labute approximate surface area is 94.5 Å². The summed E-state index contributed by atoms with van der Waals surface area (Å²) < 4.78 is 13.6. The Bertz CT molecular complexity index is 414. The number of hydrogen-bond donors (Lipinski definition) is 2. The van der Waals surface area contributed by atoms with Crippen molar-refractivity contribution < 1.29 is 9.50 Å². The van der Waals surface area contributed by atoms with E-state index in [-0.39, 0.29) is 11.9 Å². The van der Waals surface area contributed by atoms with Crippen LogP contribution in [0.5, 0.6) is 0 Å². The van der Waals surface area contributed by atoms with Crippen LogP contribution >= 0.6 is 0 Å². The van der Waals surface area contributed by atoms with Crippen LogP contribution in [0.4, 0.5) is 4.39 Å². The molecule has 2 unspecified atom stereocenters. The number of benzene rings is 1. The molecule has 1 aliphatic heterocycles. The van der Waals surface area contributed by atoms with Crippen molar-refractivity contribution in [1.29, 1.82) is 0 Å². The first-order valence-electron chi connectivity index (χ1n) is 5.95. The van der Waals surface area contributed by atoms with Crippen LogP contribution in [0.1, 0.15) is 30.4 Å². The third kappa shape index (κ3) is 1.31. The third-order valence-corrected chi connectivity index (χ3v) is 3.98. The zero-order chi connectivity index (χ0) is 11.2. The normalized spacial score (nSPS) is 33.0. The highest BCUT2D eigenvalue weighted by atomic mass is 19.1. The van der Waals surface area contributed by atoms with Gasteiger partial charge in [0.2, 0.25) is 0 Å². The predicted octanol–water partition coefficient (Wildman–Crippen LogP) is 1.71. The lowest BCUT2D eigenvalue weighted by molar-refractivity contribution is 0.00459. The van der Waals surface area contributed by atoms with E-state index in [9.17, 15) is 9.50 Å². The molecule has 1 aromatic rings. The average molecular weight is 221 g/mol. The fraction of sp³-hybridized carbons (Fsp3) is 0.538. The fourth-order valence-corrected chi connectivity index (χ4v) is 3.12. The molecule has 0 saturated carbocycles. The van der Waals surface area contributed by atoms with Crippen molar-refractivity contribution >= 4 is 0 Å². The molecule has 16 heavy (non-hydrogen) atoms. The van der Waals surface area contributed by atoms with Gasteiger partial charge in [-0.1, -0.05) is 12.1 Å². The van der Waals surface area contributed by atoms with Crippen molar-refractivity contribution in [3.05, 3.63) is 35.1 Å². The lowest BCUT2D eigenvalue weighted by atomic mass is 9.87. The van der Waals surface area contributed by atoms with Gasteiger partial charge in [-0.25, -0.2) is 4.39 Å². The first-order valence-corrected chi connectivity index (χ1v) is 5.95. The van der Waals surface area contributed by atoms with Gasteiger partial charge in [0.1, 0.15) is 11.4 Å². The van der Waals surface area contributed by atoms with Crippen LogP contribution in [0.15, 0.2) is 18.2 Å². The van der Waals surface area contributed by atoms with E-state index in [1.165, 1.54) is 6.07 Å². The van der Waals surface area contributed by atoms with Gasteiger partial charge in [0.15, 0.2) is 0 Å². The highest BCUT2D eigenvalue weighted by Crippen LogP contribution is 2.42. The summed E-state index contributed by atoms with van der Waals surface area (Å²) in [6.07, 6.45) is 3.36. The second-order valence-electron chi connectivity index (χ2n) is 4.84. The molecule has 1 heterocycles. The molecule has 2 N–H and O–H groups in total. The van der Waals surface area contributed by atoms with E-state index < -0.39 is 5.60 Å². The number of halogens is 1. The largest absolute Gasteiger partial charge is 0.384 e. The van der Waals surface area contributed by atoms with Crippen LogP contribution in [0, 0.1) is 5.82 Å². The van der Waals surface area contributed by atoms with Crippen LogP contribution in [-0.4, -0.2) is 17.7 Å². The van der Waals surface area contributed by atoms with E-state index in [4.69, 9.17) is 0 Å². The van der Waals surface area contributed by atoms with Gasteiger partial charge in [0, 0.05) is 6.04 Å². The lowest BCUT2D eigenvalue weighted by Crippen LogP contribution is -2.43. The quantitative estimate of drug-likeness (QED) is 0.756. The first-order chi connectivity index (χ1) is 7.72. The van der Waals surface area contributed by atoms with E-state index in [0.29, 0.717) is 18.4 Å². The van der Waals surface area contributed by atoms with Crippen molar-refractivity contribution in [2.45, 2.75) is 37.3 Å². The van der Waals surface area contributed by atoms with E-state index in [1.54, 1.807) is 6.07 Å². The highest BCUT2D eigenvalue weighted by molar-refractivity contribution is 5.39. The molecule has 3 heteroatoms. The first kappa shape index (κ1) is 10.2. The van der Waals surface area contributed by atoms with E-state index in [2.05, 4.69) is 5.32 Å². The summed E-state index contributed by atoms with van der Waals surface area (Å²) in [6, 6.07) is 5.13. The van der Waals surface area contributed by atoms with Crippen molar-refractivity contribution in [2.24, 2.45) is 0 Å². The number of fused-ring (bicyclic) bond motifs is 1. The summed E-state index contributed by atoms with van der Waals surface area (Å²) in [7, 11) is 0. The maximum absolute atomic E-state index is 13.6. The Kier molecular flexibility index (Phi) is 2.26. The topological polar surface area (TPSA) is 32.3 Å². The van der Waals surface area contributed by atoms with Gasteiger partial charge in [-0.3, -0.25) is 0 Å². The smallest absolute Gasteiger partial charge is 0.126 e. The molecule has 3 rings (SSSR count). The molecule has 2 atom stereocenters. The van der Waals surface area contributed by atoms with Gasteiger partial charge < -0.3 is 10.4 Å². The standard InChI is InChI=1S/C13H16FNO/c14-11-4-1-3-10-9(11)6-7-13(10,16)12-5-2-8-15-12/h1,3-4,12,15-16H,2,5-8H2. The van der Waals surface area contributed by atoms with Gasteiger partial charge in [-0.05, 0) is 49.4 Å². The van der Waals surface area contributed by atoms with Gasteiger partial charge >= 0.3 is 0 Å². The molecule has 1 aliphatic carbocycles. The zero-order valence-electron chi connectivity index (χ0n) is 9.17. The molecule has 1 aromatic carbocycles. The summed E-state index contributed by atoms with van der Waals surface area (Å²) in [4.78, 5) is 0. The number of hydrogen-bond acceptors (Lipinski definition) is 2. The van der Waals surface area contributed by atoms with E-state index in [0.717, 1.165) is 24.9 Å². The fourth-order valence-electron chi connectivity index (χ4n) is 3.12. The Hall–Kier alpha value is -0.930. The lowest BCUT2D eigenvalue weighted by Gasteiger charge is -2.31. The van der Waals surface area contributed by atoms with Crippen LogP contribution in [0.3, 0.4) is 0 Å². The van der Waals surface area contributed by atoms with Crippen LogP contribution in [-0.2, 0) is 12.0 Å². The second kappa shape index (κ2) is 3.54. The van der Waals surface area contributed by atoms with Gasteiger partial charge in [-0.2, -0.15) is 0 Å².